The number of morpholine rings is 1. The molecule has 0 unspecified atom stereocenters. The molecule has 1 aliphatic rings. The van der Waals surface area contributed by atoms with Gasteiger partial charge in [-0.05, 0) is 56.3 Å². The predicted octanol–water partition coefficient (Wildman–Crippen LogP) is 3.51. The Hall–Kier alpha value is -2.88. The number of sulfonamides is 1. The third-order valence-corrected chi connectivity index (χ3v) is 7.21. The molecule has 1 fully saturated rings. The fourth-order valence-electron chi connectivity index (χ4n) is 3.66. The maximum atomic E-state index is 13.3. The summed E-state index contributed by atoms with van der Waals surface area (Å²) >= 11 is 5.92. The molecule has 182 valence electrons. The van der Waals surface area contributed by atoms with Gasteiger partial charge in [0.25, 0.3) is 15.9 Å². The summed E-state index contributed by atoms with van der Waals surface area (Å²) in [5.41, 5.74) is 0.420. The van der Waals surface area contributed by atoms with Crippen LogP contribution >= 0.6 is 11.6 Å². The van der Waals surface area contributed by atoms with Gasteiger partial charge in [0.15, 0.2) is 6.61 Å². The Labute approximate surface area is 204 Å². The SMILES string of the molecule is C=CCN(c1ccc(Cl)cc1)S(=O)(=O)c1cccc(C(=O)OCC(=O)N2C[C@@H](C)O[C@@H](C)C2)c1. The molecular formula is C24H27ClN2O6S. The lowest BCUT2D eigenvalue weighted by atomic mass is 10.2. The Kier molecular flexibility index (Phi) is 8.35. The zero-order valence-corrected chi connectivity index (χ0v) is 20.6. The van der Waals surface area contributed by atoms with Gasteiger partial charge in [0.2, 0.25) is 0 Å². The molecule has 3 rings (SSSR count). The number of anilines is 1. The van der Waals surface area contributed by atoms with Crippen LogP contribution < -0.4 is 4.31 Å². The summed E-state index contributed by atoms with van der Waals surface area (Å²) < 4.78 is 38.6. The molecule has 2 aromatic rings. The van der Waals surface area contributed by atoms with Crippen molar-refractivity contribution in [3.63, 3.8) is 0 Å². The minimum Gasteiger partial charge on any atom is -0.452 e. The van der Waals surface area contributed by atoms with Gasteiger partial charge in [-0.3, -0.25) is 9.10 Å². The van der Waals surface area contributed by atoms with Gasteiger partial charge >= 0.3 is 5.97 Å². The van der Waals surface area contributed by atoms with Crippen molar-refractivity contribution >= 4 is 39.2 Å². The number of hydrogen-bond acceptors (Lipinski definition) is 6. The zero-order chi connectivity index (χ0) is 24.9. The quantitative estimate of drug-likeness (QED) is 0.402. The van der Waals surface area contributed by atoms with E-state index in [1.54, 1.807) is 29.2 Å². The van der Waals surface area contributed by atoms with Gasteiger partial charge in [0.1, 0.15) is 0 Å². The topological polar surface area (TPSA) is 93.2 Å². The molecule has 0 bridgehead atoms. The molecule has 10 heteroatoms. The van der Waals surface area contributed by atoms with Gasteiger partial charge in [-0.15, -0.1) is 6.58 Å². The lowest BCUT2D eigenvalue weighted by molar-refractivity contribution is -0.146. The van der Waals surface area contributed by atoms with Crippen LogP contribution in [0.3, 0.4) is 0 Å². The maximum absolute atomic E-state index is 13.3. The van der Waals surface area contributed by atoms with Crippen LogP contribution in [0, 0.1) is 0 Å². The second kappa shape index (κ2) is 11.0. The molecule has 0 N–H and O–H groups in total. The van der Waals surface area contributed by atoms with Crippen molar-refractivity contribution in [1.29, 1.82) is 0 Å². The molecule has 1 aliphatic heterocycles. The molecule has 34 heavy (non-hydrogen) atoms. The van der Waals surface area contributed by atoms with Gasteiger partial charge in [-0.2, -0.15) is 0 Å². The Bertz CT molecular complexity index is 1140. The van der Waals surface area contributed by atoms with Crippen LogP contribution in [-0.2, 0) is 24.3 Å². The second-order valence-electron chi connectivity index (χ2n) is 7.96. The number of carbonyl (C=O) groups excluding carboxylic acids is 2. The first-order valence-corrected chi connectivity index (χ1v) is 12.5. The average molecular weight is 507 g/mol. The largest absolute Gasteiger partial charge is 0.452 e. The van der Waals surface area contributed by atoms with E-state index in [1.165, 1.54) is 30.3 Å². The first-order valence-electron chi connectivity index (χ1n) is 10.7. The zero-order valence-electron chi connectivity index (χ0n) is 19.0. The second-order valence-corrected chi connectivity index (χ2v) is 10.3. The highest BCUT2D eigenvalue weighted by molar-refractivity contribution is 7.92. The van der Waals surface area contributed by atoms with Gasteiger partial charge in [-0.1, -0.05) is 23.7 Å². The fraction of sp³-hybridized carbons (Fsp3) is 0.333. The molecule has 2 atom stereocenters. The minimum atomic E-state index is -4.02. The van der Waals surface area contributed by atoms with E-state index in [2.05, 4.69) is 6.58 Å². The predicted molar refractivity (Wildman–Crippen MR) is 129 cm³/mol. The number of halogens is 1. The summed E-state index contributed by atoms with van der Waals surface area (Å²) in [6.07, 6.45) is 1.25. The van der Waals surface area contributed by atoms with Gasteiger partial charge < -0.3 is 14.4 Å². The Morgan fingerprint density at radius 1 is 1.18 bits per heavy atom. The van der Waals surface area contributed by atoms with Gasteiger partial charge in [-0.25, -0.2) is 13.2 Å². The van der Waals surface area contributed by atoms with E-state index in [1.807, 2.05) is 13.8 Å². The summed E-state index contributed by atoms with van der Waals surface area (Å²) in [6.45, 7) is 7.78. The molecule has 1 amide bonds. The van der Waals surface area contributed by atoms with E-state index >= 15 is 0 Å². The number of esters is 1. The Morgan fingerprint density at radius 2 is 1.82 bits per heavy atom. The summed E-state index contributed by atoms with van der Waals surface area (Å²) in [4.78, 5) is 26.5. The van der Waals surface area contributed by atoms with E-state index in [4.69, 9.17) is 21.1 Å². The fourth-order valence-corrected chi connectivity index (χ4v) is 5.27. The smallest absolute Gasteiger partial charge is 0.338 e. The van der Waals surface area contributed by atoms with Crippen LogP contribution in [-0.4, -0.2) is 63.6 Å². The first kappa shape index (κ1) is 25.7. The third-order valence-electron chi connectivity index (χ3n) is 5.17. The minimum absolute atomic E-state index is 0.0174. The number of nitrogens with zero attached hydrogens (tertiary/aromatic N) is 2. The molecule has 0 radical (unpaired) electrons. The summed E-state index contributed by atoms with van der Waals surface area (Å²) in [5.74, 6) is -1.12. The molecule has 2 aromatic carbocycles. The molecule has 8 nitrogen and oxygen atoms in total. The average Bonchev–Trinajstić information content (AvgIpc) is 2.81. The molecule has 0 saturated carbocycles. The number of carbonyl (C=O) groups is 2. The highest BCUT2D eigenvalue weighted by Crippen LogP contribution is 2.26. The number of hydrogen-bond donors (Lipinski definition) is 0. The third kappa shape index (κ3) is 6.16. The number of rotatable bonds is 8. The van der Waals surface area contributed by atoms with Crippen molar-refractivity contribution in [2.24, 2.45) is 0 Å². The normalized spacial score (nSPS) is 18.3. The van der Waals surface area contributed by atoms with Gasteiger partial charge in [0, 0.05) is 18.1 Å². The standard InChI is InChI=1S/C24H27ClN2O6S/c1-4-12-27(21-10-8-20(25)9-11-21)34(30,31)22-7-5-6-19(13-22)24(29)32-16-23(28)26-14-17(2)33-18(3)15-26/h4-11,13,17-18H,1,12,14-16H2,2-3H3/t17-,18+. The van der Waals surface area contributed by atoms with E-state index in [-0.39, 0.29) is 35.1 Å². The highest BCUT2D eigenvalue weighted by atomic mass is 35.5. The maximum Gasteiger partial charge on any atom is 0.338 e. The molecule has 0 aliphatic carbocycles. The van der Waals surface area contributed by atoms with Gasteiger partial charge in [0.05, 0.1) is 34.9 Å². The van der Waals surface area contributed by atoms with E-state index in [0.29, 0.717) is 23.8 Å². The monoisotopic (exact) mass is 506 g/mol. The van der Waals surface area contributed by atoms with Crippen molar-refractivity contribution in [3.05, 3.63) is 71.8 Å². The molecule has 0 spiro atoms. The van der Waals surface area contributed by atoms with Crippen LogP contribution in [0.2, 0.25) is 5.02 Å². The first-order chi connectivity index (χ1) is 16.1. The Balaban J connectivity index is 1.74. The van der Waals surface area contributed by atoms with Crippen LogP contribution in [0.4, 0.5) is 5.69 Å². The van der Waals surface area contributed by atoms with Crippen molar-refractivity contribution in [2.45, 2.75) is 31.0 Å². The number of amides is 1. The van der Waals surface area contributed by atoms with E-state index < -0.39 is 22.6 Å². The highest BCUT2D eigenvalue weighted by Gasteiger charge is 2.28. The van der Waals surface area contributed by atoms with Crippen molar-refractivity contribution in [1.82, 2.24) is 4.90 Å². The van der Waals surface area contributed by atoms with Crippen LogP contribution in [0.25, 0.3) is 0 Å². The number of ether oxygens (including phenoxy) is 2. The summed E-state index contributed by atoms with van der Waals surface area (Å²) in [7, 11) is -4.02. The van der Waals surface area contributed by atoms with Crippen molar-refractivity contribution < 1.29 is 27.5 Å². The molecule has 0 aromatic heterocycles. The molecule has 1 saturated heterocycles. The van der Waals surface area contributed by atoms with E-state index in [0.717, 1.165) is 4.31 Å². The Morgan fingerprint density at radius 3 is 2.44 bits per heavy atom. The van der Waals surface area contributed by atoms with Crippen LogP contribution in [0.1, 0.15) is 24.2 Å². The summed E-state index contributed by atoms with van der Waals surface area (Å²) in [5, 5.41) is 0.472. The van der Waals surface area contributed by atoms with Crippen molar-refractivity contribution in [2.75, 3.05) is 30.5 Å². The van der Waals surface area contributed by atoms with E-state index in [9.17, 15) is 18.0 Å². The lowest BCUT2D eigenvalue weighted by Gasteiger charge is -2.35. The summed E-state index contributed by atoms with van der Waals surface area (Å²) in [6, 6.07) is 11.8. The van der Waals surface area contributed by atoms with Crippen molar-refractivity contribution in [3.8, 4) is 0 Å². The molecular weight excluding hydrogens is 480 g/mol. The number of benzene rings is 2. The molecule has 1 heterocycles. The van der Waals surface area contributed by atoms with Crippen LogP contribution in [0.5, 0.6) is 0 Å². The van der Waals surface area contributed by atoms with Crippen LogP contribution in [0.15, 0.2) is 66.1 Å². The lowest BCUT2D eigenvalue weighted by Crippen LogP contribution is -2.49.